The maximum atomic E-state index is 2.38. The van der Waals surface area contributed by atoms with Gasteiger partial charge in [-0.15, -0.1) is 0 Å². The molecule has 0 spiro atoms. The zero-order valence-electron chi connectivity index (χ0n) is 5.12. The molecule has 0 heterocycles. The molecule has 0 atom stereocenters. The van der Waals surface area contributed by atoms with Crippen molar-refractivity contribution in [1.29, 1.82) is 0 Å². The second kappa shape index (κ2) is 3.68. The van der Waals surface area contributed by atoms with E-state index >= 15 is 0 Å². The predicted molar refractivity (Wildman–Crippen MR) is 29.2 cm³/mol. The first kappa shape index (κ1) is 10.6. The van der Waals surface area contributed by atoms with Gasteiger partial charge < -0.3 is 0 Å². The summed E-state index contributed by atoms with van der Waals surface area (Å²) in [5, 5.41) is 0. The van der Waals surface area contributed by atoms with Crippen LogP contribution in [0.15, 0.2) is 0 Å². The van der Waals surface area contributed by atoms with Crippen LogP contribution < -0.4 is 0 Å². The monoisotopic (exact) mass is 304 g/mol. The summed E-state index contributed by atoms with van der Waals surface area (Å²) >= 11 is -1.02. The van der Waals surface area contributed by atoms with E-state index in [0.29, 0.717) is 0 Å². The normalized spacial score (nSPS) is 12.7. The van der Waals surface area contributed by atoms with Gasteiger partial charge in [-0.25, -0.2) is 0 Å². The fourth-order valence-corrected chi connectivity index (χ4v) is 0. The molecule has 0 amide bonds. The first-order valence-electron chi connectivity index (χ1n) is 1.63. The molecule has 6 heavy (non-hydrogen) atoms. The maximum Gasteiger partial charge on any atom is 0 e. The van der Waals surface area contributed by atoms with Crippen molar-refractivity contribution < 1.29 is 27.3 Å². The predicted octanol–water partition coefficient (Wildman–Crippen LogP) is 1.95. The Morgan fingerprint density at radius 1 is 0.833 bits per heavy atom. The van der Waals surface area contributed by atoms with E-state index in [1.54, 1.807) is 0 Å². The summed E-state index contributed by atoms with van der Waals surface area (Å²) in [7, 11) is 0. The molecule has 0 fully saturated rings. The largest absolute Gasteiger partial charge is 0 e. The van der Waals surface area contributed by atoms with Gasteiger partial charge in [-0.2, -0.15) is 0 Å². The van der Waals surface area contributed by atoms with Crippen LogP contribution in [0.3, 0.4) is 0 Å². The molecule has 0 radical (unpaired) electrons. The minimum absolute atomic E-state index is 0. The Morgan fingerprint density at radius 2 is 0.833 bits per heavy atom. The molecule has 0 aromatic heterocycles. The topological polar surface area (TPSA) is 0 Å². The van der Waals surface area contributed by atoms with Crippen molar-refractivity contribution in [3.8, 4) is 0 Å². The maximum absolute atomic E-state index is 2.38. The molecule has 0 aromatic rings. The Morgan fingerprint density at radius 3 is 0.833 bits per heavy atom. The van der Waals surface area contributed by atoms with Gasteiger partial charge in [0.2, 0.25) is 0 Å². The molecule has 2 heteroatoms. The van der Waals surface area contributed by atoms with E-state index in [4.69, 9.17) is 0 Å². The molecule has 0 aliphatic heterocycles. The molecule has 0 saturated carbocycles. The van der Waals surface area contributed by atoms with Crippen LogP contribution in [0.25, 0.3) is 0 Å². The van der Waals surface area contributed by atoms with Crippen molar-refractivity contribution in [3.05, 3.63) is 0 Å². The van der Waals surface area contributed by atoms with Crippen LogP contribution in [0, 0.1) is 0 Å². The van der Waals surface area contributed by atoms with Crippen LogP contribution in [0.4, 0.5) is 0 Å². The fourth-order valence-electron chi connectivity index (χ4n) is 0. The van der Waals surface area contributed by atoms with Gasteiger partial charge in [-0.1, -0.05) is 0 Å². The van der Waals surface area contributed by atoms with E-state index in [0.717, 1.165) is 0 Å². The average molecular weight is 300 g/mol. The summed E-state index contributed by atoms with van der Waals surface area (Å²) in [6.45, 7) is 0. The molecule has 0 N–H and O–H groups in total. The Labute approximate surface area is 64.7 Å². The zero-order valence-corrected chi connectivity index (χ0v) is 11.5. The zero-order chi connectivity index (χ0) is 4.50. The van der Waals surface area contributed by atoms with Gasteiger partial charge in [0.25, 0.3) is 0 Å². The second-order valence-corrected chi connectivity index (χ2v) is 16.4. The minimum atomic E-state index is -1.02. The van der Waals surface area contributed by atoms with Crippen molar-refractivity contribution in [2.24, 2.45) is 0 Å². The molecule has 0 aliphatic rings. The quantitative estimate of drug-likeness (QED) is 0.600. The minimum Gasteiger partial charge on any atom is 0 e. The van der Waals surface area contributed by atoms with Gasteiger partial charge in [-0.3, -0.25) is 0 Å². The van der Waals surface area contributed by atoms with Crippen molar-refractivity contribution >= 4 is 18.2 Å². The fraction of sp³-hybridized carbons (Fsp3) is 1.00. The van der Waals surface area contributed by atoms with Gasteiger partial charge in [0.1, 0.15) is 0 Å². The van der Waals surface area contributed by atoms with Crippen LogP contribution in [-0.4, -0.2) is 18.2 Å². The summed E-state index contributed by atoms with van der Waals surface area (Å²) in [6.07, 6.45) is 0. The molecular formula is C4H12CdTe. The molecular weight excluding hydrogens is 288 g/mol. The molecule has 0 aromatic carbocycles. The van der Waals surface area contributed by atoms with E-state index in [1.807, 2.05) is 0 Å². The number of rotatable bonds is 0. The van der Waals surface area contributed by atoms with E-state index in [2.05, 4.69) is 19.9 Å². The van der Waals surface area contributed by atoms with E-state index in [-0.39, 0.29) is 27.3 Å². The van der Waals surface area contributed by atoms with Gasteiger partial charge in [-0.05, 0) is 0 Å². The third kappa shape index (κ3) is 43.3. The Balaban J connectivity index is 0. The van der Waals surface area contributed by atoms with Gasteiger partial charge in [0.05, 0.1) is 0 Å². The molecule has 0 unspecified atom stereocenters. The molecule has 36 valence electrons. The van der Waals surface area contributed by atoms with Crippen LogP contribution in [-0.2, 0) is 27.3 Å². The van der Waals surface area contributed by atoms with Crippen LogP contribution in [0.5, 0.6) is 0 Å². The van der Waals surface area contributed by atoms with Crippen molar-refractivity contribution in [2.45, 2.75) is 19.9 Å². The third-order valence-corrected chi connectivity index (χ3v) is 0. The smallest absolute Gasteiger partial charge is 0 e. The average Bonchev–Trinajstić information content (AvgIpc) is 0.722. The first-order chi connectivity index (χ1) is 2.00. The van der Waals surface area contributed by atoms with Crippen molar-refractivity contribution in [1.82, 2.24) is 0 Å². The molecule has 0 bridgehead atoms. The Bertz CT molecular complexity index is 23.0. The summed E-state index contributed by atoms with van der Waals surface area (Å²) in [4.78, 5) is 9.51. The first-order valence-corrected chi connectivity index (χ1v) is 11.0. The second-order valence-electron chi connectivity index (χ2n) is 2.45. The summed E-state index contributed by atoms with van der Waals surface area (Å²) in [5.41, 5.74) is 0. The van der Waals surface area contributed by atoms with Crippen LogP contribution >= 0.6 is 0 Å². The van der Waals surface area contributed by atoms with Gasteiger partial charge >= 0.3 is 38.1 Å². The van der Waals surface area contributed by atoms with Gasteiger partial charge in [0, 0.05) is 27.3 Å². The van der Waals surface area contributed by atoms with Crippen LogP contribution in [0.2, 0.25) is 19.9 Å². The third-order valence-electron chi connectivity index (χ3n) is 0. The standard InChI is InChI=1S/C4H12Te.Cd/c1-5(2,3)4;/h1-4H3;. The summed E-state index contributed by atoms with van der Waals surface area (Å²) in [5.74, 6) is 0. The van der Waals surface area contributed by atoms with Crippen molar-refractivity contribution in [2.75, 3.05) is 0 Å². The Hall–Kier alpha value is 1.71. The molecule has 0 aliphatic carbocycles. The summed E-state index contributed by atoms with van der Waals surface area (Å²) in [6, 6.07) is 0. The van der Waals surface area contributed by atoms with E-state index in [1.165, 1.54) is 0 Å². The van der Waals surface area contributed by atoms with Gasteiger partial charge in [0.15, 0.2) is 0 Å². The molecule has 0 saturated heterocycles. The van der Waals surface area contributed by atoms with Crippen LogP contribution in [0.1, 0.15) is 0 Å². The van der Waals surface area contributed by atoms with Crippen molar-refractivity contribution in [3.63, 3.8) is 0 Å². The molecule has 0 nitrogen and oxygen atoms in total. The number of hydrogen-bond donors (Lipinski definition) is 0. The van der Waals surface area contributed by atoms with E-state index in [9.17, 15) is 0 Å². The number of hydrogen-bond acceptors (Lipinski definition) is 0. The van der Waals surface area contributed by atoms with E-state index < -0.39 is 18.2 Å². The molecule has 0 rings (SSSR count). The summed E-state index contributed by atoms with van der Waals surface area (Å²) < 4.78 is 0. The SMILES string of the molecule is C[Te](C)(C)C.[Cd]. The Kier molecular flexibility index (Phi) is 6.53.